The van der Waals surface area contributed by atoms with Gasteiger partial charge < -0.3 is 10.0 Å². The summed E-state index contributed by atoms with van der Waals surface area (Å²) < 4.78 is 0. The summed E-state index contributed by atoms with van der Waals surface area (Å²) in [5, 5.41) is 12.0. The molecule has 0 unspecified atom stereocenters. The van der Waals surface area contributed by atoms with Gasteiger partial charge in [-0.3, -0.25) is 5.01 Å². The highest BCUT2D eigenvalue weighted by Gasteiger charge is 2.18. The molecule has 0 bridgehead atoms. The van der Waals surface area contributed by atoms with Crippen LogP contribution in [-0.4, -0.2) is 41.0 Å². The molecule has 3 aromatic carbocycles. The van der Waals surface area contributed by atoms with Crippen LogP contribution in [0.4, 0.5) is 21.9 Å². The van der Waals surface area contributed by atoms with Crippen molar-refractivity contribution in [3.05, 3.63) is 84.9 Å². The molecule has 4 rings (SSSR count). The number of hydrazine groups is 1. The first kappa shape index (κ1) is 23.7. The first-order valence-corrected chi connectivity index (χ1v) is 11.9. The van der Waals surface area contributed by atoms with Gasteiger partial charge in [-0.25, -0.2) is 15.2 Å². The van der Waals surface area contributed by atoms with Crippen molar-refractivity contribution < 1.29 is 9.90 Å². The molecule has 8 heteroatoms. The molecule has 0 aliphatic heterocycles. The van der Waals surface area contributed by atoms with Crippen LogP contribution in [-0.2, 0) is 0 Å². The predicted molar refractivity (Wildman–Crippen MR) is 141 cm³/mol. The Morgan fingerprint density at radius 1 is 0.853 bits per heavy atom. The number of pyridine rings is 1. The van der Waals surface area contributed by atoms with Gasteiger partial charge in [0.25, 0.3) is 0 Å². The third kappa shape index (κ3) is 5.35. The number of nitrogens with one attached hydrogen (secondary N) is 1. The van der Waals surface area contributed by atoms with Crippen molar-refractivity contribution in [2.24, 2.45) is 0 Å². The topological polar surface area (TPSA) is 68.7 Å². The van der Waals surface area contributed by atoms with Crippen LogP contribution in [0.15, 0.2) is 84.9 Å². The Hall–Kier alpha value is -3.48. The van der Waals surface area contributed by atoms with Gasteiger partial charge in [0.05, 0.1) is 22.6 Å². The van der Waals surface area contributed by atoms with Crippen LogP contribution in [0.1, 0.15) is 0 Å². The predicted octanol–water partition coefficient (Wildman–Crippen LogP) is 6.51. The third-order valence-electron chi connectivity index (χ3n) is 5.39. The van der Waals surface area contributed by atoms with Crippen molar-refractivity contribution in [2.75, 3.05) is 34.8 Å². The highest BCUT2D eigenvalue weighted by Crippen LogP contribution is 2.34. The fourth-order valence-corrected chi connectivity index (χ4v) is 4.25. The number of benzene rings is 3. The molecule has 174 valence electrons. The van der Waals surface area contributed by atoms with Gasteiger partial charge >= 0.3 is 6.09 Å². The van der Waals surface area contributed by atoms with E-state index in [4.69, 9.17) is 28.2 Å². The molecule has 1 amide bonds. The van der Waals surface area contributed by atoms with Gasteiger partial charge in [-0.15, -0.1) is 23.2 Å². The van der Waals surface area contributed by atoms with E-state index in [1.54, 1.807) is 5.01 Å². The maximum atomic E-state index is 11.8. The number of carbonyl (C=O) groups is 1. The number of nitrogens with zero attached hydrogens (tertiary/aromatic N) is 3. The van der Waals surface area contributed by atoms with E-state index in [0.717, 1.165) is 27.8 Å². The number of hydrogen-bond donors (Lipinski definition) is 2. The lowest BCUT2D eigenvalue weighted by atomic mass is 10.1. The van der Waals surface area contributed by atoms with Crippen LogP contribution >= 0.6 is 23.2 Å². The molecule has 6 nitrogen and oxygen atoms in total. The number of carboxylic acid groups (broad SMARTS) is 1. The minimum atomic E-state index is -1.17. The Morgan fingerprint density at radius 2 is 1.47 bits per heavy atom. The van der Waals surface area contributed by atoms with E-state index in [-0.39, 0.29) is 0 Å². The smallest absolute Gasteiger partial charge is 0.423 e. The molecule has 34 heavy (non-hydrogen) atoms. The van der Waals surface area contributed by atoms with Crippen LogP contribution in [0, 0.1) is 0 Å². The molecule has 0 saturated carbocycles. The van der Waals surface area contributed by atoms with Crippen molar-refractivity contribution in [1.82, 2.24) is 10.4 Å². The summed E-state index contributed by atoms with van der Waals surface area (Å²) >= 11 is 11.9. The normalized spacial score (nSPS) is 10.8. The lowest BCUT2D eigenvalue weighted by Crippen LogP contribution is -2.38. The number of rotatable bonds is 9. The zero-order chi connectivity index (χ0) is 23.9. The van der Waals surface area contributed by atoms with Gasteiger partial charge in [0.2, 0.25) is 0 Å². The maximum absolute atomic E-state index is 11.8. The fourth-order valence-electron chi connectivity index (χ4n) is 3.84. The standard InChI is InChI=1S/C26H24Cl2N4O2/c27-14-16-31(17-15-28)20-10-12-21(13-11-20)32(30-26(33)34)25-18-24(19-6-2-1-3-7-19)29-23-9-5-4-8-22(23)25/h1-13,18,30H,14-17H2,(H,33,34). The second-order valence-electron chi connectivity index (χ2n) is 7.54. The van der Waals surface area contributed by atoms with E-state index in [0.29, 0.717) is 36.2 Å². The van der Waals surface area contributed by atoms with Crippen molar-refractivity contribution in [3.8, 4) is 11.3 Å². The first-order chi connectivity index (χ1) is 16.6. The van der Waals surface area contributed by atoms with Gasteiger partial charge in [0.1, 0.15) is 0 Å². The van der Waals surface area contributed by atoms with E-state index >= 15 is 0 Å². The van der Waals surface area contributed by atoms with E-state index in [1.807, 2.05) is 84.9 Å². The van der Waals surface area contributed by atoms with Gasteiger partial charge in [-0.1, -0.05) is 48.5 Å². The molecule has 0 aliphatic rings. The highest BCUT2D eigenvalue weighted by atomic mass is 35.5. The van der Waals surface area contributed by atoms with Crippen molar-refractivity contribution in [3.63, 3.8) is 0 Å². The van der Waals surface area contributed by atoms with Gasteiger partial charge in [0, 0.05) is 41.5 Å². The summed E-state index contributed by atoms with van der Waals surface area (Å²) in [4.78, 5) is 18.7. The summed E-state index contributed by atoms with van der Waals surface area (Å²) in [7, 11) is 0. The minimum Gasteiger partial charge on any atom is -0.464 e. The van der Waals surface area contributed by atoms with Crippen LogP contribution in [0.25, 0.3) is 22.2 Å². The third-order valence-corrected chi connectivity index (χ3v) is 5.73. The molecule has 0 aliphatic carbocycles. The molecule has 0 fully saturated rings. The molecule has 4 aromatic rings. The number of halogens is 2. The van der Waals surface area contributed by atoms with Gasteiger partial charge in [-0.2, -0.15) is 0 Å². The Balaban J connectivity index is 1.81. The van der Waals surface area contributed by atoms with E-state index in [9.17, 15) is 9.90 Å². The van der Waals surface area contributed by atoms with Crippen molar-refractivity contribution in [1.29, 1.82) is 0 Å². The molecule has 2 N–H and O–H groups in total. The monoisotopic (exact) mass is 494 g/mol. The quantitative estimate of drug-likeness (QED) is 0.205. The van der Waals surface area contributed by atoms with E-state index in [1.165, 1.54) is 0 Å². The summed E-state index contributed by atoms with van der Waals surface area (Å²) in [5.74, 6) is 0.965. The summed E-state index contributed by atoms with van der Waals surface area (Å²) in [6.45, 7) is 1.33. The Kier molecular flexibility index (Phi) is 7.72. The number of anilines is 3. The Labute approximate surface area is 208 Å². The molecular formula is C26H24Cl2N4O2. The second-order valence-corrected chi connectivity index (χ2v) is 8.30. The van der Waals surface area contributed by atoms with Crippen LogP contribution in [0.3, 0.4) is 0 Å². The number of alkyl halides is 2. The molecule has 1 heterocycles. The molecule has 0 radical (unpaired) electrons. The Bertz CT molecular complexity index is 1250. The molecule has 0 atom stereocenters. The summed E-state index contributed by atoms with van der Waals surface area (Å²) in [6, 6.07) is 27.0. The molecule has 0 saturated heterocycles. The number of aromatic nitrogens is 1. The average Bonchev–Trinajstić information content (AvgIpc) is 2.87. The lowest BCUT2D eigenvalue weighted by Gasteiger charge is -2.27. The zero-order valence-electron chi connectivity index (χ0n) is 18.4. The van der Waals surface area contributed by atoms with Crippen LogP contribution in [0.5, 0.6) is 0 Å². The number of hydrogen-bond acceptors (Lipinski definition) is 4. The Morgan fingerprint density at radius 3 is 2.12 bits per heavy atom. The van der Waals surface area contributed by atoms with Crippen LogP contribution < -0.4 is 15.3 Å². The summed E-state index contributed by atoms with van der Waals surface area (Å²) in [6.07, 6.45) is -1.17. The highest BCUT2D eigenvalue weighted by molar-refractivity contribution is 6.18. The second kappa shape index (κ2) is 11.1. The largest absolute Gasteiger partial charge is 0.464 e. The zero-order valence-corrected chi connectivity index (χ0v) is 19.9. The van der Waals surface area contributed by atoms with E-state index < -0.39 is 6.09 Å². The van der Waals surface area contributed by atoms with Gasteiger partial charge in [0.15, 0.2) is 0 Å². The maximum Gasteiger partial charge on any atom is 0.423 e. The van der Waals surface area contributed by atoms with Crippen molar-refractivity contribution in [2.45, 2.75) is 0 Å². The van der Waals surface area contributed by atoms with Crippen molar-refractivity contribution >= 4 is 57.3 Å². The number of para-hydroxylation sites is 1. The number of amides is 1. The minimum absolute atomic E-state index is 0.483. The molecule has 0 spiro atoms. The lowest BCUT2D eigenvalue weighted by molar-refractivity contribution is 0.194. The molecule has 1 aromatic heterocycles. The van der Waals surface area contributed by atoms with E-state index in [2.05, 4.69) is 10.3 Å². The molecular weight excluding hydrogens is 471 g/mol. The van der Waals surface area contributed by atoms with Gasteiger partial charge in [-0.05, 0) is 36.4 Å². The average molecular weight is 495 g/mol. The summed E-state index contributed by atoms with van der Waals surface area (Å²) in [5.41, 5.74) is 7.31. The SMILES string of the molecule is O=C(O)NN(c1ccc(N(CCCl)CCCl)cc1)c1cc(-c2ccccc2)nc2ccccc12. The van der Waals surface area contributed by atoms with Crippen LogP contribution in [0.2, 0.25) is 0 Å². The number of fused-ring (bicyclic) bond motifs is 1. The first-order valence-electron chi connectivity index (χ1n) is 10.8. The fraction of sp³-hybridized carbons (Fsp3) is 0.154.